The number of nitrogens with one attached hydrogen (secondary N) is 1. The molecule has 5 nitrogen and oxygen atoms in total. The molecule has 2 aromatic carbocycles. The van der Waals surface area contributed by atoms with Crippen molar-refractivity contribution >= 4 is 11.5 Å². The summed E-state index contributed by atoms with van der Waals surface area (Å²) in [4.78, 5) is 7.16. The molecule has 0 aliphatic carbocycles. The molecule has 0 fully saturated rings. The Bertz CT molecular complexity index is 1230. The second-order valence-corrected chi connectivity index (χ2v) is 8.66. The van der Waals surface area contributed by atoms with Gasteiger partial charge in [-0.15, -0.1) is 0 Å². The Labute approximate surface area is 210 Å². The van der Waals surface area contributed by atoms with E-state index in [1.807, 2.05) is 24.6 Å². The Balaban J connectivity index is 0.00000167. The maximum Gasteiger partial charge on any atom is 0.160 e. The summed E-state index contributed by atoms with van der Waals surface area (Å²) in [6.45, 7) is 14.3. The van der Waals surface area contributed by atoms with Gasteiger partial charge in [-0.1, -0.05) is 75.0 Å². The molecule has 0 aliphatic heterocycles. The number of hydrogen-bond acceptors (Lipinski definition) is 4. The zero-order chi connectivity index (χ0) is 25.2. The fourth-order valence-corrected chi connectivity index (χ4v) is 4.01. The Hall–Kier alpha value is -3.60. The normalized spacial score (nSPS) is 10.5. The molecule has 0 bridgehead atoms. The largest absolute Gasteiger partial charge is 0.378 e. The van der Waals surface area contributed by atoms with E-state index in [2.05, 4.69) is 103 Å². The molecule has 2 heterocycles. The summed E-state index contributed by atoms with van der Waals surface area (Å²) in [5.41, 5.74) is 7.83. The lowest BCUT2D eigenvalue weighted by molar-refractivity contribution is 0.399. The number of aryl methyl sites for hydroxylation is 3. The van der Waals surface area contributed by atoms with E-state index < -0.39 is 0 Å². The summed E-state index contributed by atoms with van der Waals surface area (Å²) in [5, 5.41) is 8.12. The van der Waals surface area contributed by atoms with Gasteiger partial charge in [0, 0.05) is 43.0 Å². The third-order valence-corrected chi connectivity index (χ3v) is 6.13. The van der Waals surface area contributed by atoms with E-state index in [9.17, 15) is 0 Å². The van der Waals surface area contributed by atoms with E-state index in [-0.39, 0.29) is 0 Å². The highest BCUT2D eigenvalue weighted by atomic mass is 15.3. The first kappa shape index (κ1) is 26.0. The van der Waals surface area contributed by atoms with Gasteiger partial charge in [-0.05, 0) is 44.2 Å². The van der Waals surface area contributed by atoms with Crippen LogP contribution in [0.1, 0.15) is 43.4 Å². The zero-order valence-corrected chi connectivity index (χ0v) is 21.9. The molecule has 35 heavy (non-hydrogen) atoms. The predicted molar refractivity (Wildman–Crippen MR) is 149 cm³/mol. The SMILES string of the molecule is C=C(CCc1ccccc1)N(C)CCCNc1cc(-c2ccccc2C)nc2c(C)cnn12.CC. The minimum absolute atomic E-state index is 0.849. The van der Waals surface area contributed by atoms with Crippen molar-refractivity contribution in [3.63, 3.8) is 0 Å². The van der Waals surface area contributed by atoms with Crippen LogP contribution < -0.4 is 5.32 Å². The van der Waals surface area contributed by atoms with E-state index in [0.717, 1.165) is 60.6 Å². The Morgan fingerprint density at radius 1 is 1.00 bits per heavy atom. The van der Waals surface area contributed by atoms with E-state index in [1.54, 1.807) is 0 Å². The molecule has 4 rings (SSSR count). The van der Waals surface area contributed by atoms with Gasteiger partial charge in [-0.3, -0.25) is 0 Å². The molecule has 0 unspecified atom stereocenters. The van der Waals surface area contributed by atoms with Crippen molar-refractivity contribution in [1.82, 2.24) is 19.5 Å². The first-order valence-corrected chi connectivity index (χ1v) is 12.6. The first-order chi connectivity index (χ1) is 17.0. The molecule has 5 heteroatoms. The van der Waals surface area contributed by atoms with E-state index in [0.29, 0.717) is 0 Å². The third-order valence-electron chi connectivity index (χ3n) is 6.13. The van der Waals surface area contributed by atoms with Gasteiger partial charge in [0.1, 0.15) is 5.82 Å². The van der Waals surface area contributed by atoms with Crippen LogP contribution in [0, 0.1) is 13.8 Å². The average Bonchev–Trinajstić information content (AvgIpc) is 3.27. The van der Waals surface area contributed by atoms with Crippen molar-refractivity contribution in [3.05, 3.63) is 95.8 Å². The van der Waals surface area contributed by atoms with Crippen LogP contribution in [0.4, 0.5) is 5.82 Å². The predicted octanol–water partition coefficient (Wildman–Crippen LogP) is 6.92. The molecule has 0 amide bonds. The Morgan fingerprint density at radius 3 is 2.46 bits per heavy atom. The molecule has 1 N–H and O–H groups in total. The molecule has 0 saturated heterocycles. The molecule has 0 spiro atoms. The molecule has 0 radical (unpaired) electrons. The summed E-state index contributed by atoms with van der Waals surface area (Å²) >= 11 is 0. The van der Waals surface area contributed by atoms with Gasteiger partial charge in [0.25, 0.3) is 0 Å². The quantitative estimate of drug-likeness (QED) is 0.256. The molecule has 4 aromatic rings. The fourth-order valence-electron chi connectivity index (χ4n) is 4.01. The zero-order valence-electron chi connectivity index (χ0n) is 21.9. The fraction of sp³-hybridized carbons (Fsp3) is 0.333. The minimum atomic E-state index is 0.849. The second kappa shape index (κ2) is 12.7. The summed E-state index contributed by atoms with van der Waals surface area (Å²) in [7, 11) is 2.13. The average molecular weight is 470 g/mol. The molecule has 0 saturated carbocycles. The Kier molecular flexibility index (Phi) is 9.47. The van der Waals surface area contributed by atoms with Gasteiger partial charge < -0.3 is 10.2 Å². The first-order valence-electron chi connectivity index (χ1n) is 12.6. The maximum atomic E-state index is 4.89. The van der Waals surface area contributed by atoms with Crippen LogP contribution in [0.2, 0.25) is 0 Å². The number of allylic oxidation sites excluding steroid dienone is 1. The van der Waals surface area contributed by atoms with E-state index >= 15 is 0 Å². The molecular weight excluding hydrogens is 430 g/mol. The maximum absolute atomic E-state index is 4.89. The summed E-state index contributed by atoms with van der Waals surface area (Å²) in [5.74, 6) is 0.969. The lowest BCUT2D eigenvalue weighted by atomic mass is 10.1. The van der Waals surface area contributed by atoms with Crippen molar-refractivity contribution < 1.29 is 0 Å². The van der Waals surface area contributed by atoms with E-state index in [1.165, 1.54) is 16.8 Å². The molecule has 0 atom stereocenters. The number of benzene rings is 2. The van der Waals surface area contributed by atoms with Gasteiger partial charge in [-0.2, -0.15) is 9.61 Å². The van der Waals surface area contributed by atoms with Crippen molar-refractivity contribution in [2.45, 2.75) is 47.0 Å². The van der Waals surface area contributed by atoms with E-state index in [4.69, 9.17) is 4.98 Å². The minimum Gasteiger partial charge on any atom is -0.378 e. The van der Waals surface area contributed by atoms with Crippen molar-refractivity contribution in [1.29, 1.82) is 0 Å². The van der Waals surface area contributed by atoms with Crippen molar-refractivity contribution in [3.8, 4) is 11.3 Å². The Morgan fingerprint density at radius 2 is 1.71 bits per heavy atom. The molecule has 184 valence electrons. The van der Waals surface area contributed by atoms with Gasteiger partial charge in [0.15, 0.2) is 5.65 Å². The molecular formula is C30H39N5. The highest BCUT2D eigenvalue weighted by Crippen LogP contribution is 2.26. The van der Waals surface area contributed by atoms with Crippen LogP contribution in [0.3, 0.4) is 0 Å². The molecule has 2 aromatic heterocycles. The molecule has 0 aliphatic rings. The van der Waals surface area contributed by atoms with Crippen LogP contribution in [0.5, 0.6) is 0 Å². The lowest BCUT2D eigenvalue weighted by Gasteiger charge is -2.22. The topological polar surface area (TPSA) is 45.5 Å². The van der Waals surface area contributed by atoms with Crippen LogP contribution >= 0.6 is 0 Å². The third kappa shape index (κ3) is 6.72. The summed E-state index contributed by atoms with van der Waals surface area (Å²) in [6.07, 6.45) is 4.88. The lowest BCUT2D eigenvalue weighted by Crippen LogP contribution is -2.21. The number of anilines is 1. The van der Waals surface area contributed by atoms with Gasteiger partial charge in [0.05, 0.1) is 11.9 Å². The highest BCUT2D eigenvalue weighted by Gasteiger charge is 2.12. The number of aromatic nitrogens is 3. The van der Waals surface area contributed by atoms with Crippen LogP contribution in [-0.2, 0) is 6.42 Å². The standard InChI is InChI=1S/C28H33N5.C2H6/c1-21-11-8-9-14-25(21)26-19-27(33-28(31-26)22(2)20-30-33)29-17-10-18-32(4)23(3)15-16-24-12-6-5-7-13-24;1-2/h5-9,11-14,19-20,29H,3,10,15-18H2,1-2,4H3;1-2H3. The number of hydrogen-bond donors (Lipinski definition) is 1. The van der Waals surface area contributed by atoms with Crippen molar-refractivity contribution in [2.24, 2.45) is 0 Å². The summed E-state index contributed by atoms with van der Waals surface area (Å²) in [6, 6.07) is 21.1. The van der Waals surface area contributed by atoms with Gasteiger partial charge in [-0.25, -0.2) is 4.98 Å². The number of rotatable bonds is 10. The van der Waals surface area contributed by atoms with Crippen LogP contribution in [0.15, 0.2) is 79.1 Å². The highest BCUT2D eigenvalue weighted by molar-refractivity contribution is 5.70. The van der Waals surface area contributed by atoms with Crippen LogP contribution in [0.25, 0.3) is 16.9 Å². The summed E-state index contributed by atoms with van der Waals surface area (Å²) < 4.78 is 1.90. The van der Waals surface area contributed by atoms with Crippen molar-refractivity contribution in [2.75, 3.05) is 25.5 Å². The number of nitrogens with zero attached hydrogens (tertiary/aromatic N) is 4. The number of fused-ring (bicyclic) bond motifs is 1. The van der Waals surface area contributed by atoms with Crippen LogP contribution in [-0.4, -0.2) is 39.6 Å². The monoisotopic (exact) mass is 469 g/mol. The van der Waals surface area contributed by atoms with Gasteiger partial charge >= 0.3 is 0 Å². The second-order valence-electron chi connectivity index (χ2n) is 8.66. The smallest absolute Gasteiger partial charge is 0.160 e. The van der Waals surface area contributed by atoms with Gasteiger partial charge in [0.2, 0.25) is 0 Å².